The Morgan fingerprint density at radius 3 is 2.12 bits per heavy atom. The highest BCUT2D eigenvalue weighted by atomic mass is 16.6. The molecule has 0 saturated heterocycles. The Morgan fingerprint density at radius 2 is 1.46 bits per heavy atom. The van der Waals surface area contributed by atoms with Gasteiger partial charge < -0.3 is 9.47 Å². The molecule has 0 amide bonds. The van der Waals surface area contributed by atoms with Crippen molar-refractivity contribution in [1.29, 1.82) is 0 Å². The van der Waals surface area contributed by atoms with Crippen molar-refractivity contribution in [2.45, 2.75) is 76.9 Å². The molecule has 0 radical (unpaired) electrons. The Morgan fingerprint density at radius 1 is 0.846 bits per heavy atom. The zero-order valence-electron chi connectivity index (χ0n) is 15.5. The average molecular weight is 358 g/mol. The number of carbonyl (C=O) groups is 2. The van der Waals surface area contributed by atoms with E-state index in [4.69, 9.17) is 9.47 Å². The van der Waals surface area contributed by atoms with Crippen LogP contribution in [0.5, 0.6) is 0 Å². The predicted molar refractivity (Wildman–Crippen MR) is 99.3 cm³/mol. The Hall–Kier alpha value is -1.84. The lowest BCUT2D eigenvalue weighted by molar-refractivity contribution is -0.170. The molecular weight excluding hydrogens is 328 g/mol. The fraction of sp³-hybridized carbons (Fsp3) is 0.636. The van der Waals surface area contributed by atoms with Gasteiger partial charge in [-0.1, -0.05) is 56.0 Å². The van der Waals surface area contributed by atoms with Crippen molar-refractivity contribution in [2.75, 3.05) is 0 Å². The van der Waals surface area contributed by atoms with Gasteiger partial charge in [0.2, 0.25) is 0 Å². The molecule has 0 aromatic heterocycles. The van der Waals surface area contributed by atoms with Gasteiger partial charge in [-0.3, -0.25) is 9.59 Å². The van der Waals surface area contributed by atoms with Crippen LogP contribution in [0.15, 0.2) is 30.3 Å². The quantitative estimate of drug-likeness (QED) is 0.541. The van der Waals surface area contributed by atoms with Gasteiger partial charge >= 0.3 is 11.9 Å². The standard InChI is InChI=1S/C22H30O4/c23-21(25-16-17-10-4-1-5-11-17)20(18-12-6-2-7-13-18)22(24)26-19-14-8-3-9-15-19/h1,4-5,10-11,18-20H,2-3,6-9,12-16H2. The summed E-state index contributed by atoms with van der Waals surface area (Å²) in [4.78, 5) is 25.6. The van der Waals surface area contributed by atoms with Crippen molar-refractivity contribution in [1.82, 2.24) is 0 Å². The summed E-state index contributed by atoms with van der Waals surface area (Å²) < 4.78 is 11.3. The van der Waals surface area contributed by atoms with Gasteiger partial charge in [0.1, 0.15) is 12.7 Å². The van der Waals surface area contributed by atoms with Crippen LogP contribution in [-0.4, -0.2) is 18.0 Å². The lowest BCUT2D eigenvalue weighted by Gasteiger charge is -2.30. The fourth-order valence-corrected chi connectivity index (χ4v) is 4.19. The van der Waals surface area contributed by atoms with Crippen molar-refractivity contribution in [3.8, 4) is 0 Å². The third-order valence-electron chi connectivity index (χ3n) is 5.69. The Labute approximate surface area is 156 Å². The Balaban J connectivity index is 1.63. The van der Waals surface area contributed by atoms with Crippen molar-refractivity contribution in [2.24, 2.45) is 11.8 Å². The second kappa shape index (κ2) is 9.75. The van der Waals surface area contributed by atoms with Gasteiger partial charge in [-0.15, -0.1) is 0 Å². The molecule has 4 heteroatoms. The van der Waals surface area contributed by atoms with E-state index in [9.17, 15) is 9.59 Å². The molecule has 1 unspecified atom stereocenters. The van der Waals surface area contributed by atoms with E-state index < -0.39 is 11.9 Å². The Kier molecular flexibility index (Phi) is 7.10. The summed E-state index contributed by atoms with van der Waals surface area (Å²) >= 11 is 0. The van der Waals surface area contributed by atoms with Crippen molar-refractivity contribution in [3.05, 3.63) is 35.9 Å². The molecule has 1 aromatic carbocycles. The van der Waals surface area contributed by atoms with Crippen LogP contribution in [0.25, 0.3) is 0 Å². The van der Waals surface area contributed by atoms with Gasteiger partial charge in [0.15, 0.2) is 5.92 Å². The van der Waals surface area contributed by atoms with Gasteiger partial charge in [-0.05, 0) is 50.0 Å². The van der Waals surface area contributed by atoms with E-state index in [-0.39, 0.29) is 24.6 Å². The molecule has 4 nitrogen and oxygen atoms in total. The third kappa shape index (κ3) is 5.33. The minimum atomic E-state index is -0.763. The smallest absolute Gasteiger partial charge is 0.320 e. The third-order valence-corrected chi connectivity index (χ3v) is 5.69. The minimum Gasteiger partial charge on any atom is -0.462 e. The van der Waals surface area contributed by atoms with E-state index >= 15 is 0 Å². The summed E-state index contributed by atoms with van der Waals surface area (Å²) in [5.41, 5.74) is 0.934. The summed E-state index contributed by atoms with van der Waals surface area (Å²) in [7, 11) is 0. The molecule has 0 aliphatic heterocycles. The highest BCUT2D eigenvalue weighted by Gasteiger charge is 2.39. The molecule has 26 heavy (non-hydrogen) atoms. The second-order valence-electron chi connectivity index (χ2n) is 7.67. The average Bonchev–Trinajstić information content (AvgIpc) is 2.69. The molecule has 2 fully saturated rings. The van der Waals surface area contributed by atoms with Crippen LogP contribution in [0.2, 0.25) is 0 Å². The number of hydrogen-bond donors (Lipinski definition) is 0. The van der Waals surface area contributed by atoms with E-state index in [0.717, 1.165) is 56.9 Å². The zero-order chi connectivity index (χ0) is 18.2. The first-order chi connectivity index (χ1) is 12.7. The van der Waals surface area contributed by atoms with Crippen molar-refractivity contribution < 1.29 is 19.1 Å². The second-order valence-corrected chi connectivity index (χ2v) is 7.67. The number of rotatable bonds is 6. The molecule has 142 valence electrons. The van der Waals surface area contributed by atoms with Crippen LogP contribution >= 0.6 is 0 Å². The van der Waals surface area contributed by atoms with Crippen LogP contribution in [0.1, 0.15) is 69.8 Å². The number of carbonyl (C=O) groups excluding carboxylic acids is 2. The van der Waals surface area contributed by atoms with E-state index in [1.165, 1.54) is 12.8 Å². The molecule has 0 spiro atoms. The number of ether oxygens (including phenoxy) is 2. The van der Waals surface area contributed by atoms with E-state index in [1.807, 2.05) is 30.3 Å². The normalized spacial score (nSPS) is 20.3. The topological polar surface area (TPSA) is 52.6 Å². The molecule has 0 N–H and O–H groups in total. The fourth-order valence-electron chi connectivity index (χ4n) is 4.19. The van der Waals surface area contributed by atoms with E-state index in [2.05, 4.69) is 0 Å². The largest absolute Gasteiger partial charge is 0.462 e. The molecule has 0 heterocycles. The zero-order valence-corrected chi connectivity index (χ0v) is 15.5. The molecular formula is C22H30O4. The van der Waals surface area contributed by atoms with Gasteiger partial charge in [0, 0.05) is 0 Å². The monoisotopic (exact) mass is 358 g/mol. The molecule has 3 rings (SSSR count). The molecule has 0 bridgehead atoms. The first-order valence-corrected chi connectivity index (χ1v) is 10.1. The number of benzene rings is 1. The van der Waals surface area contributed by atoms with E-state index in [1.54, 1.807) is 0 Å². The molecule has 1 aromatic rings. The maximum atomic E-state index is 12.8. The molecule has 2 saturated carbocycles. The number of esters is 2. The summed E-state index contributed by atoms with van der Waals surface area (Å²) in [5.74, 6) is -1.48. The summed E-state index contributed by atoms with van der Waals surface area (Å²) in [6.45, 7) is 0.208. The summed E-state index contributed by atoms with van der Waals surface area (Å²) in [5, 5.41) is 0. The van der Waals surface area contributed by atoms with Crippen LogP contribution < -0.4 is 0 Å². The summed E-state index contributed by atoms with van der Waals surface area (Å²) in [6.07, 6.45) is 10.4. The van der Waals surface area contributed by atoms with Crippen LogP contribution in [-0.2, 0) is 25.7 Å². The lowest BCUT2D eigenvalue weighted by Crippen LogP contribution is -2.37. The van der Waals surface area contributed by atoms with Crippen molar-refractivity contribution >= 4 is 11.9 Å². The minimum absolute atomic E-state index is 0.0238. The maximum absolute atomic E-state index is 12.8. The van der Waals surface area contributed by atoms with Gasteiger partial charge in [-0.25, -0.2) is 0 Å². The highest BCUT2D eigenvalue weighted by molar-refractivity contribution is 5.95. The Bertz CT molecular complexity index is 571. The van der Waals surface area contributed by atoms with Gasteiger partial charge in [0.25, 0.3) is 0 Å². The maximum Gasteiger partial charge on any atom is 0.320 e. The van der Waals surface area contributed by atoms with Crippen molar-refractivity contribution in [3.63, 3.8) is 0 Å². The van der Waals surface area contributed by atoms with Gasteiger partial charge in [0.05, 0.1) is 0 Å². The first-order valence-electron chi connectivity index (χ1n) is 10.1. The summed E-state index contributed by atoms with van der Waals surface area (Å²) in [6, 6.07) is 9.60. The van der Waals surface area contributed by atoms with E-state index in [0.29, 0.717) is 0 Å². The van der Waals surface area contributed by atoms with Gasteiger partial charge in [-0.2, -0.15) is 0 Å². The number of hydrogen-bond acceptors (Lipinski definition) is 4. The van der Waals surface area contributed by atoms with Crippen LogP contribution in [0.4, 0.5) is 0 Å². The molecule has 2 aliphatic carbocycles. The SMILES string of the molecule is O=C(OCc1ccccc1)C(C(=O)OC1CCCCC1)C1CCCCC1. The van der Waals surface area contributed by atoms with Crippen LogP contribution in [0.3, 0.4) is 0 Å². The highest BCUT2D eigenvalue weighted by Crippen LogP contribution is 2.33. The molecule has 1 atom stereocenters. The predicted octanol–water partition coefficient (Wildman–Crippen LogP) is 4.80. The lowest BCUT2D eigenvalue weighted by atomic mass is 9.80. The van der Waals surface area contributed by atoms with Crippen LogP contribution in [0, 0.1) is 11.8 Å². The molecule has 2 aliphatic rings. The first kappa shape index (κ1) is 18.9.